The van der Waals surface area contributed by atoms with Crippen LogP contribution in [0.1, 0.15) is 6.42 Å². The largest absolute Gasteiger partial charge is 0.376 e. The first-order valence-corrected chi connectivity index (χ1v) is 8.11. The van der Waals surface area contributed by atoms with Gasteiger partial charge in [0.25, 0.3) is 0 Å². The molecule has 1 aromatic carbocycles. The molecular formula is C12H14ClFN2O3S. The van der Waals surface area contributed by atoms with Gasteiger partial charge in [-0.3, -0.25) is 0 Å². The summed E-state index contributed by atoms with van der Waals surface area (Å²) < 4.78 is 45.7. The third-order valence-electron chi connectivity index (χ3n) is 3.92. The molecule has 0 radical (unpaired) electrons. The number of benzene rings is 1. The molecule has 1 saturated heterocycles. The highest BCUT2D eigenvalue weighted by molar-refractivity contribution is 7.89. The lowest BCUT2D eigenvalue weighted by atomic mass is 9.73. The minimum atomic E-state index is -3.93. The number of nitrogens with two attached hydrogens (primary N) is 1. The summed E-state index contributed by atoms with van der Waals surface area (Å²) in [5.41, 5.74) is 5.95. The number of fused-ring (bicyclic) bond motifs is 1. The Kier molecular flexibility index (Phi) is 3.50. The number of ether oxygens (including phenoxy) is 1. The lowest BCUT2D eigenvalue weighted by Crippen LogP contribution is -2.68. The van der Waals surface area contributed by atoms with Gasteiger partial charge in [0.05, 0.1) is 17.2 Å². The first-order chi connectivity index (χ1) is 9.40. The topological polar surface area (TPSA) is 81.4 Å². The highest BCUT2D eigenvalue weighted by atomic mass is 35.5. The molecule has 1 saturated carbocycles. The molecule has 3 rings (SSSR count). The van der Waals surface area contributed by atoms with E-state index >= 15 is 0 Å². The predicted octanol–water partition coefficient (Wildman–Crippen LogP) is 0.872. The van der Waals surface area contributed by atoms with Crippen LogP contribution in [0, 0.1) is 11.7 Å². The second-order valence-corrected chi connectivity index (χ2v) is 7.18. The van der Waals surface area contributed by atoms with E-state index in [9.17, 15) is 12.8 Å². The maximum atomic E-state index is 13.2. The van der Waals surface area contributed by atoms with Crippen LogP contribution in [0.4, 0.5) is 4.39 Å². The van der Waals surface area contributed by atoms with Crippen molar-refractivity contribution in [3.8, 4) is 0 Å². The van der Waals surface area contributed by atoms with Crippen molar-refractivity contribution >= 4 is 21.6 Å². The molecule has 0 spiro atoms. The minimum absolute atomic E-state index is 0.0318. The highest BCUT2D eigenvalue weighted by Gasteiger charge is 2.53. The standard InChI is InChI=1S/C12H14ClFN2O3S/c13-8-2-1-6(14)5-9(8)20(17,18)16-11-10(15)7-3-4-19-12(7)11/h1-2,5,7,10-12,16H,3-4,15H2. The third kappa shape index (κ3) is 2.23. The Labute approximate surface area is 121 Å². The first kappa shape index (κ1) is 14.2. The van der Waals surface area contributed by atoms with Crippen LogP contribution in [0.25, 0.3) is 0 Å². The summed E-state index contributed by atoms with van der Waals surface area (Å²) in [4.78, 5) is -0.284. The van der Waals surface area contributed by atoms with Crippen LogP contribution in [-0.4, -0.2) is 33.2 Å². The highest BCUT2D eigenvalue weighted by Crippen LogP contribution is 2.38. The number of halogens is 2. The second-order valence-electron chi connectivity index (χ2n) is 5.09. The van der Waals surface area contributed by atoms with Crippen LogP contribution in [0.2, 0.25) is 5.02 Å². The molecule has 4 atom stereocenters. The Hall–Kier alpha value is -0.730. The Morgan fingerprint density at radius 3 is 2.95 bits per heavy atom. The molecule has 4 unspecified atom stereocenters. The first-order valence-electron chi connectivity index (χ1n) is 6.25. The molecule has 5 nitrogen and oxygen atoms in total. The van der Waals surface area contributed by atoms with Gasteiger partial charge >= 0.3 is 0 Å². The van der Waals surface area contributed by atoms with Crippen molar-refractivity contribution in [3.63, 3.8) is 0 Å². The van der Waals surface area contributed by atoms with Crippen molar-refractivity contribution in [1.82, 2.24) is 4.72 Å². The van der Waals surface area contributed by atoms with Gasteiger partial charge in [-0.1, -0.05) is 11.6 Å². The van der Waals surface area contributed by atoms with Crippen LogP contribution in [0.15, 0.2) is 23.1 Å². The molecule has 1 aliphatic heterocycles. The minimum Gasteiger partial charge on any atom is -0.376 e. The molecule has 3 N–H and O–H groups in total. The Morgan fingerprint density at radius 1 is 1.45 bits per heavy atom. The molecule has 2 aliphatic rings. The van der Waals surface area contributed by atoms with Crippen molar-refractivity contribution in [2.75, 3.05) is 6.61 Å². The van der Waals surface area contributed by atoms with E-state index in [1.54, 1.807) is 0 Å². The van der Waals surface area contributed by atoms with Crippen LogP contribution in [0.5, 0.6) is 0 Å². The second kappa shape index (κ2) is 4.92. The lowest BCUT2D eigenvalue weighted by molar-refractivity contribution is -0.00924. The van der Waals surface area contributed by atoms with Crippen LogP contribution in [0.3, 0.4) is 0 Å². The fourth-order valence-electron chi connectivity index (χ4n) is 2.82. The number of rotatable bonds is 3. The van der Waals surface area contributed by atoms with Crippen LogP contribution < -0.4 is 10.5 Å². The smallest absolute Gasteiger partial charge is 0.242 e. The van der Waals surface area contributed by atoms with Gasteiger partial charge < -0.3 is 10.5 Å². The van der Waals surface area contributed by atoms with Gasteiger partial charge in [0.1, 0.15) is 10.7 Å². The van der Waals surface area contributed by atoms with Gasteiger partial charge in [0, 0.05) is 18.6 Å². The Balaban J connectivity index is 1.84. The summed E-state index contributed by atoms with van der Waals surface area (Å²) in [6, 6.07) is 2.42. The van der Waals surface area contributed by atoms with Gasteiger partial charge in [-0.2, -0.15) is 0 Å². The van der Waals surface area contributed by atoms with Gasteiger partial charge in [0.2, 0.25) is 10.0 Å². The zero-order valence-corrected chi connectivity index (χ0v) is 12.0. The van der Waals surface area contributed by atoms with Crippen molar-refractivity contribution < 1.29 is 17.5 Å². The van der Waals surface area contributed by atoms with Gasteiger partial charge in [-0.05, 0) is 24.6 Å². The molecule has 0 aromatic heterocycles. The predicted molar refractivity (Wildman–Crippen MR) is 71.3 cm³/mol. The van der Waals surface area contributed by atoms with E-state index in [1.165, 1.54) is 6.07 Å². The summed E-state index contributed by atoms with van der Waals surface area (Å²) in [7, 11) is -3.93. The lowest BCUT2D eigenvalue weighted by Gasteiger charge is -2.45. The number of hydrogen-bond donors (Lipinski definition) is 2. The van der Waals surface area contributed by atoms with Gasteiger partial charge in [-0.25, -0.2) is 17.5 Å². The molecule has 2 fully saturated rings. The van der Waals surface area contributed by atoms with Crippen LogP contribution in [-0.2, 0) is 14.8 Å². The molecule has 0 amide bonds. The SMILES string of the molecule is NC1C2CCOC2C1NS(=O)(=O)c1cc(F)ccc1Cl. The summed E-state index contributed by atoms with van der Waals surface area (Å²) >= 11 is 5.82. The Morgan fingerprint density at radius 2 is 2.20 bits per heavy atom. The van der Waals surface area contributed by atoms with E-state index in [1.807, 2.05) is 0 Å². The van der Waals surface area contributed by atoms with E-state index < -0.39 is 21.9 Å². The maximum absolute atomic E-state index is 13.2. The molecule has 1 heterocycles. The maximum Gasteiger partial charge on any atom is 0.242 e. The van der Waals surface area contributed by atoms with Crippen molar-refractivity contribution in [2.45, 2.75) is 29.5 Å². The monoisotopic (exact) mass is 320 g/mol. The molecule has 20 heavy (non-hydrogen) atoms. The number of sulfonamides is 1. The third-order valence-corrected chi connectivity index (χ3v) is 5.86. The van der Waals surface area contributed by atoms with Crippen LogP contribution >= 0.6 is 11.6 Å². The molecule has 1 aromatic rings. The van der Waals surface area contributed by atoms with E-state index in [0.717, 1.165) is 18.6 Å². The van der Waals surface area contributed by atoms with E-state index in [-0.39, 0.29) is 28.0 Å². The fraction of sp³-hybridized carbons (Fsp3) is 0.500. The molecular weight excluding hydrogens is 307 g/mol. The van der Waals surface area contributed by atoms with Crippen molar-refractivity contribution in [2.24, 2.45) is 11.7 Å². The zero-order valence-electron chi connectivity index (χ0n) is 10.4. The summed E-state index contributed by atoms with van der Waals surface area (Å²) in [6.45, 7) is 0.585. The molecule has 1 aliphatic carbocycles. The Bertz CT molecular complexity index is 640. The van der Waals surface area contributed by atoms with E-state index in [4.69, 9.17) is 22.1 Å². The molecule has 0 bridgehead atoms. The fourth-order valence-corrected chi connectivity index (χ4v) is 4.61. The summed E-state index contributed by atoms with van der Waals surface area (Å²) in [6.07, 6.45) is 0.636. The van der Waals surface area contributed by atoms with Gasteiger partial charge in [0.15, 0.2) is 0 Å². The van der Waals surface area contributed by atoms with Crippen molar-refractivity contribution in [1.29, 1.82) is 0 Å². The van der Waals surface area contributed by atoms with E-state index in [0.29, 0.717) is 6.61 Å². The molecule has 8 heteroatoms. The molecule has 110 valence electrons. The average molecular weight is 321 g/mol. The zero-order chi connectivity index (χ0) is 14.5. The number of nitrogens with one attached hydrogen (secondary N) is 1. The average Bonchev–Trinajstić information content (AvgIpc) is 2.84. The quantitative estimate of drug-likeness (QED) is 0.866. The summed E-state index contributed by atoms with van der Waals surface area (Å²) in [5.74, 6) is -0.478. The van der Waals surface area contributed by atoms with Crippen molar-refractivity contribution in [3.05, 3.63) is 29.0 Å². The van der Waals surface area contributed by atoms with E-state index in [2.05, 4.69) is 4.72 Å². The normalized spacial score (nSPS) is 32.8. The summed E-state index contributed by atoms with van der Waals surface area (Å²) in [5, 5.41) is -0.0318. The van der Waals surface area contributed by atoms with Gasteiger partial charge in [-0.15, -0.1) is 0 Å². The number of hydrogen-bond acceptors (Lipinski definition) is 4.